The summed E-state index contributed by atoms with van der Waals surface area (Å²) < 4.78 is 0. The summed E-state index contributed by atoms with van der Waals surface area (Å²) in [5.41, 5.74) is 8.10. The van der Waals surface area contributed by atoms with Gasteiger partial charge in [0, 0.05) is 37.4 Å². The van der Waals surface area contributed by atoms with Gasteiger partial charge in [-0.2, -0.15) is 0 Å². The molecule has 0 radical (unpaired) electrons. The van der Waals surface area contributed by atoms with E-state index >= 15 is 0 Å². The van der Waals surface area contributed by atoms with Crippen LogP contribution in [0, 0.1) is 5.41 Å². The van der Waals surface area contributed by atoms with Gasteiger partial charge in [0.15, 0.2) is 0 Å². The Morgan fingerprint density at radius 2 is 2.42 bits per heavy atom. The summed E-state index contributed by atoms with van der Waals surface area (Å²) in [6.07, 6.45) is 5.63. The Morgan fingerprint density at radius 3 is 3.16 bits per heavy atom. The molecule has 0 bridgehead atoms. The number of hydrogen-bond donors (Lipinski definition) is 1. The zero-order chi connectivity index (χ0) is 13.5. The van der Waals surface area contributed by atoms with Gasteiger partial charge in [-0.15, -0.1) is 0 Å². The molecule has 2 atom stereocenters. The third kappa shape index (κ3) is 2.04. The predicted octanol–water partition coefficient (Wildman–Crippen LogP) is 1.48. The molecule has 1 aliphatic heterocycles. The molecule has 0 spiro atoms. The summed E-state index contributed by atoms with van der Waals surface area (Å²) >= 11 is 0. The van der Waals surface area contributed by atoms with Gasteiger partial charge in [-0.25, -0.2) is 0 Å². The fraction of sp³-hybridized carbons (Fsp3) is 0.600. The van der Waals surface area contributed by atoms with Crippen molar-refractivity contribution in [3.05, 3.63) is 29.6 Å². The number of amides is 1. The lowest BCUT2D eigenvalue weighted by Crippen LogP contribution is -2.50. The van der Waals surface area contributed by atoms with Crippen molar-refractivity contribution in [2.45, 2.75) is 45.2 Å². The van der Waals surface area contributed by atoms with Gasteiger partial charge in [-0.05, 0) is 31.4 Å². The Kier molecular flexibility index (Phi) is 3.05. The van der Waals surface area contributed by atoms with Gasteiger partial charge in [0.25, 0.3) is 0 Å². The van der Waals surface area contributed by atoms with Crippen LogP contribution in [0.2, 0.25) is 0 Å². The van der Waals surface area contributed by atoms with Crippen LogP contribution >= 0.6 is 0 Å². The van der Waals surface area contributed by atoms with Crippen molar-refractivity contribution in [2.24, 2.45) is 11.1 Å². The first kappa shape index (κ1) is 12.6. The van der Waals surface area contributed by atoms with Crippen molar-refractivity contribution in [1.82, 2.24) is 9.88 Å². The Morgan fingerprint density at radius 1 is 1.58 bits per heavy atom. The van der Waals surface area contributed by atoms with Crippen LogP contribution in [0.4, 0.5) is 0 Å². The third-order valence-corrected chi connectivity index (χ3v) is 4.77. The molecule has 1 aromatic heterocycles. The van der Waals surface area contributed by atoms with Crippen LogP contribution in [0.1, 0.15) is 37.4 Å². The van der Waals surface area contributed by atoms with E-state index in [1.807, 2.05) is 24.1 Å². The SMILES string of the molecule is CC1(C(=O)N2CCc3ncccc3C2)CCCC1N. The van der Waals surface area contributed by atoms with Gasteiger partial charge >= 0.3 is 0 Å². The normalized spacial score (nSPS) is 30.2. The zero-order valence-electron chi connectivity index (χ0n) is 11.4. The molecule has 102 valence electrons. The highest BCUT2D eigenvalue weighted by molar-refractivity contribution is 5.83. The minimum atomic E-state index is -0.361. The molecule has 3 rings (SSSR count). The molecule has 19 heavy (non-hydrogen) atoms. The molecular weight excluding hydrogens is 238 g/mol. The summed E-state index contributed by atoms with van der Waals surface area (Å²) in [6, 6.07) is 4.02. The van der Waals surface area contributed by atoms with Gasteiger partial charge in [0.05, 0.1) is 5.41 Å². The lowest BCUT2D eigenvalue weighted by molar-refractivity contribution is -0.142. The third-order valence-electron chi connectivity index (χ3n) is 4.77. The number of carbonyl (C=O) groups is 1. The summed E-state index contributed by atoms with van der Waals surface area (Å²) in [7, 11) is 0. The first-order chi connectivity index (χ1) is 9.11. The summed E-state index contributed by atoms with van der Waals surface area (Å²) in [5, 5.41) is 0. The quantitative estimate of drug-likeness (QED) is 0.831. The van der Waals surface area contributed by atoms with Crippen molar-refractivity contribution in [1.29, 1.82) is 0 Å². The van der Waals surface area contributed by atoms with Crippen molar-refractivity contribution in [3.63, 3.8) is 0 Å². The van der Waals surface area contributed by atoms with Gasteiger partial charge in [0.1, 0.15) is 0 Å². The molecule has 1 aromatic rings. The van der Waals surface area contributed by atoms with E-state index in [-0.39, 0.29) is 17.4 Å². The van der Waals surface area contributed by atoms with Crippen LogP contribution in [0.15, 0.2) is 18.3 Å². The van der Waals surface area contributed by atoms with E-state index in [1.54, 1.807) is 0 Å². The molecule has 1 saturated carbocycles. The second-order valence-electron chi connectivity index (χ2n) is 6.00. The fourth-order valence-electron chi connectivity index (χ4n) is 3.36. The van der Waals surface area contributed by atoms with Crippen molar-refractivity contribution in [3.8, 4) is 0 Å². The predicted molar refractivity (Wildman–Crippen MR) is 73.3 cm³/mol. The van der Waals surface area contributed by atoms with Crippen LogP contribution in [0.25, 0.3) is 0 Å². The van der Waals surface area contributed by atoms with Crippen molar-refractivity contribution >= 4 is 5.91 Å². The highest BCUT2D eigenvalue weighted by Gasteiger charge is 2.45. The van der Waals surface area contributed by atoms with Gasteiger partial charge < -0.3 is 10.6 Å². The first-order valence-corrected chi connectivity index (χ1v) is 7.09. The maximum Gasteiger partial charge on any atom is 0.230 e. The minimum absolute atomic E-state index is 0.00953. The number of rotatable bonds is 1. The van der Waals surface area contributed by atoms with Gasteiger partial charge in [-0.3, -0.25) is 9.78 Å². The molecule has 2 heterocycles. The summed E-state index contributed by atoms with van der Waals surface area (Å²) in [6.45, 7) is 3.49. The summed E-state index contributed by atoms with van der Waals surface area (Å²) in [5.74, 6) is 0.229. The Balaban J connectivity index is 1.80. The Hall–Kier alpha value is -1.42. The van der Waals surface area contributed by atoms with Gasteiger partial charge in [-0.1, -0.05) is 12.5 Å². The number of aromatic nitrogens is 1. The first-order valence-electron chi connectivity index (χ1n) is 7.09. The van der Waals surface area contributed by atoms with Crippen LogP contribution in [-0.2, 0) is 17.8 Å². The highest BCUT2D eigenvalue weighted by atomic mass is 16.2. The smallest absolute Gasteiger partial charge is 0.230 e. The molecule has 2 aliphatic rings. The molecule has 4 nitrogen and oxygen atoms in total. The molecule has 2 unspecified atom stereocenters. The number of fused-ring (bicyclic) bond motifs is 1. The highest BCUT2D eigenvalue weighted by Crippen LogP contribution is 2.39. The number of carbonyl (C=O) groups excluding carboxylic acids is 1. The van der Waals surface area contributed by atoms with E-state index in [0.29, 0.717) is 6.54 Å². The van der Waals surface area contributed by atoms with E-state index in [4.69, 9.17) is 5.73 Å². The van der Waals surface area contributed by atoms with E-state index in [2.05, 4.69) is 11.1 Å². The minimum Gasteiger partial charge on any atom is -0.337 e. The maximum absolute atomic E-state index is 12.8. The standard InChI is InChI=1S/C15H21N3O/c1-15(7-2-5-13(15)16)14(19)18-9-6-12-11(10-18)4-3-8-17-12/h3-4,8,13H,2,5-7,9-10,16H2,1H3. The maximum atomic E-state index is 12.8. The Bertz CT molecular complexity index is 502. The number of nitrogens with two attached hydrogens (primary N) is 1. The molecule has 0 aromatic carbocycles. The van der Waals surface area contributed by atoms with Gasteiger partial charge in [0.2, 0.25) is 5.91 Å². The molecule has 1 fully saturated rings. The molecule has 4 heteroatoms. The van der Waals surface area contributed by atoms with Crippen LogP contribution in [0.5, 0.6) is 0 Å². The second-order valence-corrected chi connectivity index (χ2v) is 6.00. The van der Waals surface area contributed by atoms with E-state index in [9.17, 15) is 4.79 Å². The number of hydrogen-bond acceptors (Lipinski definition) is 3. The van der Waals surface area contributed by atoms with E-state index in [0.717, 1.165) is 37.9 Å². The second kappa shape index (κ2) is 4.60. The fourth-order valence-corrected chi connectivity index (χ4v) is 3.36. The Labute approximate surface area is 114 Å². The zero-order valence-corrected chi connectivity index (χ0v) is 11.4. The van der Waals surface area contributed by atoms with Crippen molar-refractivity contribution in [2.75, 3.05) is 6.54 Å². The lowest BCUT2D eigenvalue weighted by atomic mass is 9.83. The largest absolute Gasteiger partial charge is 0.337 e. The van der Waals surface area contributed by atoms with Crippen LogP contribution in [-0.4, -0.2) is 28.4 Å². The average Bonchev–Trinajstić information content (AvgIpc) is 2.78. The molecule has 0 saturated heterocycles. The van der Waals surface area contributed by atoms with Crippen LogP contribution in [0.3, 0.4) is 0 Å². The van der Waals surface area contributed by atoms with Crippen molar-refractivity contribution < 1.29 is 4.79 Å². The molecule has 2 N–H and O–H groups in total. The monoisotopic (exact) mass is 259 g/mol. The number of pyridine rings is 1. The molecule has 1 aliphatic carbocycles. The van der Waals surface area contributed by atoms with E-state index < -0.39 is 0 Å². The molecular formula is C15H21N3O. The van der Waals surface area contributed by atoms with Crippen LogP contribution < -0.4 is 5.73 Å². The number of nitrogens with zero attached hydrogens (tertiary/aromatic N) is 2. The molecule has 1 amide bonds. The average molecular weight is 259 g/mol. The summed E-state index contributed by atoms with van der Waals surface area (Å²) in [4.78, 5) is 19.1. The lowest BCUT2D eigenvalue weighted by Gasteiger charge is -2.36. The topological polar surface area (TPSA) is 59.2 Å². The van der Waals surface area contributed by atoms with E-state index in [1.165, 1.54) is 5.56 Å².